The quantitative estimate of drug-likeness (QED) is 0.668. The van der Waals surface area contributed by atoms with E-state index >= 15 is 0 Å². The predicted octanol–water partition coefficient (Wildman–Crippen LogP) is 4.02. The van der Waals surface area contributed by atoms with Crippen molar-refractivity contribution >= 4 is 34.2 Å². The van der Waals surface area contributed by atoms with Crippen LogP contribution in [0, 0.1) is 0 Å². The lowest BCUT2D eigenvalue weighted by molar-refractivity contribution is 0.162. The second kappa shape index (κ2) is 6.26. The number of carbonyl (C=O) groups is 1. The highest BCUT2D eigenvalue weighted by atomic mass is 35.5. The Morgan fingerprint density at radius 1 is 1.17 bits per heavy atom. The van der Waals surface area contributed by atoms with Gasteiger partial charge in [-0.25, -0.2) is 4.79 Å². The van der Waals surface area contributed by atoms with Crippen molar-refractivity contribution in [1.82, 2.24) is 0 Å². The van der Waals surface area contributed by atoms with Crippen LogP contribution >= 0.6 is 11.6 Å². The van der Waals surface area contributed by atoms with Gasteiger partial charge in [0.05, 0.1) is 12.3 Å². The second-order valence-electron chi connectivity index (χ2n) is 3.83. The van der Waals surface area contributed by atoms with E-state index in [-0.39, 0.29) is 0 Å². The van der Waals surface area contributed by atoms with Gasteiger partial charge in [-0.05, 0) is 17.9 Å². The SMILES string of the molecule is O=C(Nc1cccc2ccccc12)OCCCCl. The van der Waals surface area contributed by atoms with Gasteiger partial charge in [-0.2, -0.15) is 0 Å². The number of benzene rings is 2. The summed E-state index contributed by atoms with van der Waals surface area (Å²) in [6, 6.07) is 13.6. The van der Waals surface area contributed by atoms with Gasteiger partial charge in [0.1, 0.15) is 0 Å². The van der Waals surface area contributed by atoms with Gasteiger partial charge in [0.2, 0.25) is 0 Å². The topological polar surface area (TPSA) is 38.3 Å². The third kappa shape index (κ3) is 3.14. The van der Waals surface area contributed by atoms with Crippen LogP contribution in [0.2, 0.25) is 0 Å². The second-order valence-corrected chi connectivity index (χ2v) is 4.21. The standard InChI is InChI=1S/C14H14ClNO2/c15-9-4-10-18-14(17)16-13-8-3-6-11-5-1-2-7-12(11)13/h1-3,5-8H,4,9-10H2,(H,16,17). The molecule has 0 saturated heterocycles. The maximum Gasteiger partial charge on any atom is 0.411 e. The molecule has 0 bridgehead atoms. The molecule has 0 atom stereocenters. The average molecular weight is 264 g/mol. The van der Waals surface area contributed by atoms with Gasteiger partial charge < -0.3 is 4.74 Å². The summed E-state index contributed by atoms with van der Waals surface area (Å²) in [5.41, 5.74) is 0.754. The Morgan fingerprint density at radius 2 is 1.94 bits per heavy atom. The van der Waals surface area contributed by atoms with Crippen LogP contribution in [0.4, 0.5) is 10.5 Å². The van der Waals surface area contributed by atoms with Crippen LogP contribution in [0.1, 0.15) is 6.42 Å². The number of amides is 1. The molecule has 2 rings (SSSR count). The minimum Gasteiger partial charge on any atom is -0.449 e. The zero-order chi connectivity index (χ0) is 12.8. The van der Waals surface area contributed by atoms with Gasteiger partial charge in [0.15, 0.2) is 0 Å². The molecule has 0 aliphatic carbocycles. The van der Waals surface area contributed by atoms with Gasteiger partial charge in [-0.3, -0.25) is 5.32 Å². The molecule has 18 heavy (non-hydrogen) atoms. The van der Waals surface area contributed by atoms with Crippen LogP contribution in [0.3, 0.4) is 0 Å². The number of anilines is 1. The van der Waals surface area contributed by atoms with E-state index in [1.54, 1.807) is 0 Å². The van der Waals surface area contributed by atoms with Gasteiger partial charge in [-0.1, -0.05) is 36.4 Å². The molecular weight excluding hydrogens is 250 g/mol. The van der Waals surface area contributed by atoms with Crippen LogP contribution in [0.25, 0.3) is 10.8 Å². The normalized spacial score (nSPS) is 10.3. The molecule has 4 heteroatoms. The molecule has 1 amide bonds. The molecule has 2 aromatic carbocycles. The fraction of sp³-hybridized carbons (Fsp3) is 0.214. The summed E-state index contributed by atoms with van der Waals surface area (Å²) in [5, 5.41) is 4.81. The minimum atomic E-state index is -0.448. The monoisotopic (exact) mass is 263 g/mol. The summed E-state index contributed by atoms with van der Waals surface area (Å²) in [6.07, 6.45) is 0.210. The third-order valence-corrected chi connectivity index (χ3v) is 2.80. The lowest BCUT2D eigenvalue weighted by Gasteiger charge is -2.09. The smallest absolute Gasteiger partial charge is 0.411 e. The number of ether oxygens (including phenoxy) is 1. The first-order valence-corrected chi connectivity index (χ1v) is 6.32. The van der Waals surface area contributed by atoms with E-state index in [2.05, 4.69) is 5.32 Å². The molecule has 0 spiro atoms. The van der Waals surface area contributed by atoms with Crippen LogP contribution in [-0.2, 0) is 4.74 Å². The molecule has 0 unspecified atom stereocenters. The first kappa shape index (κ1) is 12.7. The number of hydrogen-bond acceptors (Lipinski definition) is 2. The molecule has 0 radical (unpaired) electrons. The fourth-order valence-electron chi connectivity index (χ4n) is 1.70. The van der Waals surface area contributed by atoms with E-state index in [0.29, 0.717) is 18.9 Å². The molecule has 0 heterocycles. The highest BCUT2D eigenvalue weighted by molar-refractivity contribution is 6.17. The van der Waals surface area contributed by atoms with Crippen LogP contribution in [0.15, 0.2) is 42.5 Å². The highest BCUT2D eigenvalue weighted by Gasteiger charge is 2.05. The Balaban J connectivity index is 2.09. The number of fused-ring (bicyclic) bond motifs is 1. The molecule has 94 valence electrons. The van der Waals surface area contributed by atoms with Crippen LogP contribution < -0.4 is 5.32 Å². The van der Waals surface area contributed by atoms with Gasteiger partial charge in [0.25, 0.3) is 0 Å². The number of nitrogens with one attached hydrogen (secondary N) is 1. The lowest BCUT2D eigenvalue weighted by Crippen LogP contribution is -2.14. The van der Waals surface area contributed by atoms with Crippen molar-refractivity contribution in [2.24, 2.45) is 0 Å². The van der Waals surface area contributed by atoms with E-state index in [1.165, 1.54) is 0 Å². The molecule has 0 aliphatic heterocycles. The van der Waals surface area contributed by atoms with Crippen molar-refractivity contribution in [1.29, 1.82) is 0 Å². The highest BCUT2D eigenvalue weighted by Crippen LogP contribution is 2.22. The number of hydrogen-bond donors (Lipinski definition) is 1. The van der Waals surface area contributed by atoms with Gasteiger partial charge in [0, 0.05) is 11.3 Å². The summed E-state index contributed by atoms with van der Waals surface area (Å²) in [6.45, 7) is 0.333. The minimum absolute atomic E-state index is 0.333. The summed E-state index contributed by atoms with van der Waals surface area (Å²) < 4.78 is 5.00. The zero-order valence-corrected chi connectivity index (χ0v) is 10.6. The van der Waals surface area contributed by atoms with E-state index in [4.69, 9.17) is 16.3 Å². The Morgan fingerprint density at radius 3 is 2.78 bits per heavy atom. The lowest BCUT2D eigenvalue weighted by atomic mass is 10.1. The largest absolute Gasteiger partial charge is 0.449 e. The van der Waals surface area contributed by atoms with Crippen molar-refractivity contribution in [2.75, 3.05) is 17.8 Å². The predicted molar refractivity (Wildman–Crippen MR) is 74.3 cm³/mol. The molecule has 0 aliphatic rings. The first-order chi connectivity index (χ1) is 8.81. The zero-order valence-electron chi connectivity index (χ0n) is 9.86. The van der Waals surface area contributed by atoms with Gasteiger partial charge in [-0.15, -0.1) is 11.6 Å². The third-order valence-electron chi connectivity index (χ3n) is 2.54. The molecule has 0 saturated carbocycles. The first-order valence-electron chi connectivity index (χ1n) is 5.79. The van der Waals surface area contributed by atoms with E-state index in [0.717, 1.165) is 16.5 Å². The van der Waals surface area contributed by atoms with Crippen LogP contribution in [-0.4, -0.2) is 18.6 Å². The summed E-state index contributed by atoms with van der Waals surface area (Å²) >= 11 is 5.51. The maximum absolute atomic E-state index is 11.6. The van der Waals surface area contributed by atoms with Crippen LogP contribution in [0.5, 0.6) is 0 Å². The van der Waals surface area contributed by atoms with Crippen molar-refractivity contribution in [2.45, 2.75) is 6.42 Å². The Bertz CT molecular complexity index is 537. The average Bonchev–Trinajstić information content (AvgIpc) is 2.39. The molecule has 3 nitrogen and oxygen atoms in total. The number of rotatable bonds is 4. The number of halogens is 1. The van der Waals surface area contributed by atoms with E-state index in [1.807, 2.05) is 42.5 Å². The number of carbonyl (C=O) groups excluding carboxylic acids is 1. The maximum atomic E-state index is 11.6. The molecular formula is C14H14ClNO2. The molecule has 2 aromatic rings. The van der Waals surface area contributed by atoms with E-state index < -0.39 is 6.09 Å². The molecule has 0 aromatic heterocycles. The summed E-state index contributed by atoms with van der Waals surface area (Å²) in [7, 11) is 0. The molecule has 0 fully saturated rings. The summed E-state index contributed by atoms with van der Waals surface area (Å²) in [4.78, 5) is 11.6. The Kier molecular flexibility index (Phi) is 4.42. The molecule has 1 N–H and O–H groups in total. The Labute approximate surface area is 111 Å². The number of alkyl halides is 1. The van der Waals surface area contributed by atoms with Gasteiger partial charge >= 0.3 is 6.09 Å². The van der Waals surface area contributed by atoms with Crippen molar-refractivity contribution in [3.05, 3.63) is 42.5 Å². The van der Waals surface area contributed by atoms with Crippen molar-refractivity contribution in [3.63, 3.8) is 0 Å². The van der Waals surface area contributed by atoms with Crippen molar-refractivity contribution in [3.8, 4) is 0 Å². The Hall–Kier alpha value is -1.74. The fourth-order valence-corrected chi connectivity index (χ4v) is 1.81. The van der Waals surface area contributed by atoms with E-state index in [9.17, 15) is 4.79 Å². The summed E-state index contributed by atoms with van der Waals surface area (Å²) in [5.74, 6) is 0.488. The van der Waals surface area contributed by atoms with Crippen molar-refractivity contribution < 1.29 is 9.53 Å².